The summed E-state index contributed by atoms with van der Waals surface area (Å²) in [5.74, 6) is -0.277. The Balaban J connectivity index is 1.23. The molecule has 1 aromatic heterocycles. The largest absolute Gasteiger partial charge is 0.497 e. The zero-order valence-electron chi connectivity index (χ0n) is 24.3. The van der Waals surface area contributed by atoms with Crippen molar-refractivity contribution in [2.45, 2.75) is 24.0 Å². The number of carbonyl (C=O) groups is 3. The molecule has 44 heavy (non-hydrogen) atoms. The minimum absolute atomic E-state index is 0.116. The molecule has 1 atom stereocenters. The van der Waals surface area contributed by atoms with Gasteiger partial charge in [0.15, 0.2) is 5.13 Å². The third kappa shape index (κ3) is 7.71. The number of hydrogen-bond donors (Lipinski definition) is 3. The van der Waals surface area contributed by atoms with Gasteiger partial charge in [-0.15, -0.1) is 11.8 Å². The molecule has 3 amide bonds. The lowest BCUT2D eigenvalue weighted by atomic mass is 10.1. The average molecular weight is 623 g/mol. The third-order valence-electron chi connectivity index (χ3n) is 6.64. The Morgan fingerprint density at radius 1 is 0.909 bits per heavy atom. The van der Waals surface area contributed by atoms with Gasteiger partial charge in [-0.2, -0.15) is 0 Å². The minimum atomic E-state index is -0.459. The van der Waals surface area contributed by atoms with Gasteiger partial charge >= 0.3 is 0 Å². The van der Waals surface area contributed by atoms with Gasteiger partial charge in [-0.05, 0) is 85.6 Å². The zero-order chi connectivity index (χ0) is 31.1. The number of carbonyl (C=O) groups excluding carboxylic acids is 3. The van der Waals surface area contributed by atoms with Crippen molar-refractivity contribution in [2.24, 2.45) is 0 Å². The van der Waals surface area contributed by atoms with Crippen molar-refractivity contribution in [3.05, 3.63) is 119 Å². The number of nitrogens with zero attached hydrogens (tertiary/aromatic N) is 1. The molecular weight excluding hydrogens is 593 g/mol. The lowest BCUT2D eigenvalue weighted by Crippen LogP contribution is -2.30. The first-order valence-electron chi connectivity index (χ1n) is 13.8. The Labute approximate surface area is 263 Å². The van der Waals surface area contributed by atoms with Gasteiger partial charge in [0.2, 0.25) is 5.91 Å². The first-order valence-corrected chi connectivity index (χ1v) is 15.5. The molecule has 5 rings (SSSR count). The van der Waals surface area contributed by atoms with Gasteiger partial charge in [-0.25, -0.2) is 4.98 Å². The third-order valence-corrected chi connectivity index (χ3v) is 8.68. The molecule has 1 unspecified atom stereocenters. The first-order chi connectivity index (χ1) is 21.3. The summed E-state index contributed by atoms with van der Waals surface area (Å²) < 4.78 is 6.19. The average Bonchev–Trinajstić information content (AvgIpc) is 3.44. The maximum absolute atomic E-state index is 13.4. The van der Waals surface area contributed by atoms with Crippen LogP contribution in [0.15, 0.2) is 108 Å². The molecule has 222 valence electrons. The van der Waals surface area contributed by atoms with E-state index in [0.717, 1.165) is 32.0 Å². The van der Waals surface area contributed by atoms with Gasteiger partial charge < -0.3 is 20.7 Å². The van der Waals surface area contributed by atoms with Gasteiger partial charge in [-0.1, -0.05) is 53.8 Å². The van der Waals surface area contributed by atoms with Crippen molar-refractivity contribution in [3.63, 3.8) is 0 Å². The van der Waals surface area contributed by atoms with Gasteiger partial charge in [0, 0.05) is 16.1 Å². The molecule has 0 saturated carbocycles. The fraction of sp³-hybridized carbons (Fsp3) is 0.118. The maximum atomic E-state index is 13.4. The second-order valence-corrected chi connectivity index (χ2v) is 12.3. The molecule has 0 radical (unpaired) electrons. The zero-order valence-corrected chi connectivity index (χ0v) is 25.9. The summed E-state index contributed by atoms with van der Waals surface area (Å²) in [4.78, 5) is 44.5. The normalized spacial score (nSPS) is 11.9. The lowest BCUT2D eigenvalue weighted by Gasteiger charge is -2.13. The van der Waals surface area contributed by atoms with E-state index in [-0.39, 0.29) is 17.5 Å². The number of thiazole rings is 1. The molecule has 0 bridgehead atoms. The molecule has 0 saturated heterocycles. The molecule has 8 nitrogen and oxygen atoms in total. The van der Waals surface area contributed by atoms with E-state index >= 15 is 0 Å². The standard InChI is InChI=1S/C34H30N4O4S2/c1-21-9-7-8-12-24(21)19-29(36-32(40)23-10-5-4-6-11-23)33(41)35-25-13-16-27(17-14-25)43-22(2)31(39)38-34-37-28-18-15-26(42-3)20-30(28)44-34/h4-20,22H,1-3H3,(H,35,41)(H,36,40)(H,37,38,39)/b29-19-. The van der Waals surface area contributed by atoms with Crippen LogP contribution < -0.4 is 20.7 Å². The number of nitrogens with one attached hydrogen (secondary N) is 3. The molecule has 0 aliphatic heterocycles. The Morgan fingerprint density at radius 2 is 1.64 bits per heavy atom. The summed E-state index contributed by atoms with van der Waals surface area (Å²) in [6, 6.07) is 29.1. The molecule has 0 spiro atoms. The van der Waals surface area contributed by atoms with Crippen molar-refractivity contribution in [3.8, 4) is 5.75 Å². The number of benzene rings is 4. The summed E-state index contributed by atoms with van der Waals surface area (Å²) in [7, 11) is 1.61. The van der Waals surface area contributed by atoms with E-state index < -0.39 is 11.2 Å². The summed E-state index contributed by atoms with van der Waals surface area (Å²) in [6.07, 6.45) is 1.66. The number of hydrogen-bond acceptors (Lipinski definition) is 7. The number of aromatic nitrogens is 1. The van der Waals surface area contributed by atoms with Crippen molar-refractivity contribution in [2.75, 3.05) is 17.7 Å². The minimum Gasteiger partial charge on any atom is -0.497 e. The fourth-order valence-corrected chi connectivity index (χ4v) is 5.98. The van der Waals surface area contributed by atoms with Crippen LogP contribution in [-0.2, 0) is 9.59 Å². The second kappa shape index (κ2) is 14.0. The van der Waals surface area contributed by atoms with Gasteiger partial charge in [-0.3, -0.25) is 14.4 Å². The lowest BCUT2D eigenvalue weighted by molar-refractivity contribution is -0.115. The monoisotopic (exact) mass is 622 g/mol. The van der Waals surface area contributed by atoms with Crippen LogP contribution in [0.5, 0.6) is 5.75 Å². The van der Waals surface area contributed by atoms with Gasteiger partial charge in [0.25, 0.3) is 11.8 Å². The quantitative estimate of drug-likeness (QED) is 0.113. The molecule has 1 heterocycles. The number of anilines is 2. The van der Waals surface area contributed by atoms with Gasteiger partial charge in [0.05, 0.1) is 22.6 Å². The Hall–Kier alpha value is -4.93. The Bertz CT molecular complexity index is 1840. The molecule has 0 fully saturated rings. The first kappa shape index (κ1) is 30.5. The number of ether oxygens (including phenoxy) is 1. The van der Waals surface area contributed by atoms with Crippen molar-refractivity contribution in [1.29, 1.82) is 0 Å². The highest BCUT2D eigenvalue weighted by Gasteiger charge is 2.18. The molecular formula is C34H30N4O4S2. The topological polar surface area (TPSA) is 109 Å². The summed E-state index contributed by atoms with van der Waals surface area (Å²) >= 11 is 2.78. The van der Waals surface area contributed by atoms with Crippen molar-refractivity contribution >= 4 is 67.9 Å². The van der Waals surface area contributed by atoms with Crippen LogP contribution in [0.2, 0.25) is 0 Å². The highest BCUT2D eigenvalue weighted by molar-refractivity contribution is 8.00. The fourth-order valence-electron chi connectivity index (χ4n) is 4.21. The van der Waals surface area contributed by atoms with E-state index in [1.54, 1.807) is 49.6 Å². The van der Waals surface area contributed by atoms with E-state index in [9.17, 15) is 14.4 Å². The molecule has 3 N–H and O–H groups in total. The summed E-state index contributed by atoms with van der Waals surface area (Å²) in [5.41, 5.74) is 3.68. The maximum Gasteiger partial charge on any atom is 0.272 e. The van der Waals surface area contributed by atoms with E-state index in [2.05, 4.69) is 20.9 Å². The predicted molar refractivity (Wildman–Crippen MR) is 178 cm³/mol. The van der Waals surface area contributed by atoms with Crippen LogP contribution in [-0.4, -0.2) is 35.1 Å². The van der Waals surface area contributed by atoms with Crippen LogP contribution >= 0.6 is 23.1 Å². The number of rotatable bonds is 10. The van der Waals surface area contributed by atoms with E-state index in [4.69, 9.17) is 4.74 Å². The van der Waals surface area contributed by atoms with Crippen LogP contribution in [0.25, 0.3) is 16.3 Å². The van der Waals surface area contributed by atoms with Crippen molar-refractivity contribution < 1.29 is 19.1 Å². The van der Waals surface area contributed by atoms with Crippen LogP contribution in [0.1, 0.15) is 28.4 Å². The number of thioether (sulfide) groups is 1. The van der Waals surface area contributed by atoms with E-state index in [1.807, 2.05) is 74.5 Å². The molecule has 0 aliphatic carbocycles. The molecule has 10 heteroatoms. The predicted octanol–water partition coefficient (Wildman–Crippen LogP) is 7.14. The van der Waals surface area contributed by atoms with Gasteiger partial charge in [0.1, 0.15) is 11.4 Å². The number of aryl methyl sites for hydroxylation is 1. The summed E-state index contributed by atoms with van der Waals surface area (Å²) in [6.45, 7) is 3.76. The van der Waals surface area contributed by atoms with E-state index in [1.165, 1.54) is 23.1 Å². The number of fused-ring (bicyclic) bond motifs is 1. The molecule has 0 aliphatic rings. The van der Waals surface area contributed by atoms with Crippen LogP contribution in [0.4, 0.5) is 10.8 Å². The number of amides is 3. The summed E-state index contributed by atoms with van der Waals surface area (Å²) in [5, 5.41) is 8.66. The SMILES string of the molecule is COc1ccc2nc(NC(=O)C(C)Sc3ccc(NC(=O)/C(=C/c4ccccc4C)NC(=O)c4ccccc4)cc3)sc2c1. The molecule has 4 aromatic carbocycles. The van der Waals surface area contributed by atoms with Crippen LogP contribution in [0.3, 0.4) is 0 Å². The highest BCUT2D eigenvalue weighted by Crippen LogP contribution is 2.31. The highest BCUT2D eigenvalue weighted by atomic mass is 32.2. The number of methoxy groups -OCH3 is 1. The smallest absolute Gasteiger partial charge is 0.272 e. The second-order valence-electron chi connectivity index (χ2n) is 9.82. The van der Waals surface area contributed by atoms with Crippen LogP contribution in [0, 0.1) is 6.92 Å². The van der Waals surface area contributed by atoms with Crippen molar-refractivity contribution in [1.82, 2.24) is 10.3 Å². The van der Waals surface area contributed by atoms with E-state index in [0.29, 0.717) is 16.4 Å². The Kier molecular flexibility index (Phi) is 9.73. The Morgan fingerprint density at radius 3 is 2.36 bits per heavy atom. The molecule has 5 aromatic rings.